The van der Waals surface area contributed by atoms with Crippen LogP contribution in [0.25, 0.3) is 11.1 Å². The van der Waals surface area contributed by atoms with Gasteiger partial charge in [0, 0.05) is 36.8 Å². The summed E-state index contributed by atoms with van der Waals surface area (Å²) in [6.45, 7) is 0.496. The van der Waals surface area contributed by atoms with Crippen molar-refractivity contribution >= 4 is 11.5 Å². The minimum atomic E-state index is -2.57. The van der Waals surface area contributed by atoms with Crippen LogP contribution in [0.4, 0.5) is 24.7 Å². The highest BCUT2D eigenvalue weighted by atomic mass is 19.3. The molecular formula is C16H14F3N3. The minimum absolute atomic E-state index is 0.0661. The number of nitrogen functional groups attached to an aromatic ring is 1. The average molecular weight is 305 g/mol. The van der Waals surface area contributed by atoms with Gasteiger partial charge in [-0.2, -0.15) is 0 Å². The van der Waals surface area contributed by atoms with E-state index in [1.807, 2.05) is 0 Å². The van der Waals surface area contributed by atoms with Crippen molar-refractivity contribution in [1.29, 1.82) is 0 Å². The van der Waals surface area contributed by atoms with Crippen LogP contribution < -0.4 is 10.6 Å². The number of alkyl halides is 2. The van der Waals surface area contributed by atoms with Crippen LogP contribution in [0, 0.1) is 11.2 Å². The molecule has 2 aliphatic rings. The zero-order valence-corrected chi connectivity index (χ0v) is 11.7. The average Bonchev–Trinajstić information content (AvgIpc) is 3.02. The maximum Gasteiger partial charge on any atom is 0.258 e. The molecule has 0 bridgehead atoms. The molecule has 2 fully saturated rings. The van der Waals surface area contributed by atoms with E-state index >= 15 is 0 Å². The largest absolute Gasteiger partial charge is 0.395 e. The number of nitrogens with two attached hydrogens (primary N) is 1. The predicted octanol–water partition coefficient (Wildman–Crippen LogP) is 3.32. The molecule has 0 amide bonds. The van der Waals surface area contributed by atoms with E-state index in [2.05, 4.69) is 4.98 Å². The van der Waals surface area contributed by atoms with Crippen molar-refractivity contribution in [2.75, 3.05) is 23.7 Å². The van der Waals surface area contributed by atoms with Gasteiger partial charge in [-0.05, 0) is 12.1 Å². The third kappa shape index (κ3) is 1.73. The molecule has 0 radical (unpaired) electrons. The Kier molecular flexibility index (Phi) is 2.53. The van der Waals surface area contributed by atoms with Crippen LogP contribution in [-0.2, 0) is 0 Å². The Morgan fingerprint density at radius 2 is 1.77 bits per heavy atom. The van der Waals surface area contributed by atoms with Gasteiger partial charge in [-0.1, -0.05) is 18.2 Å². The Bertz CT molecular complexity index is 754. The summed E-state index contributed by atoms with van der Waals surface area (Å²) in [5.74, 6) is -2.49. The summed E-state index contributed by atoms with van der Waals surface area (Å²) in [6.07, 6.45) is 1.47. The van der Waals surface area contributed by atoms with Crippen molar-refractivity contribution in [3.05, 3.63) is 42.3 Å². The van der Waals surface area contributed by atoms with Gasteiger partial charge < -0.3 is 10.6 Å². The Balaban J connectivity index is 1.66. The number of hydrogen-bond acceptors (Lipinski definition) is 3. The molecule has 1 aliphatic carbocycles. The second-order valence-corrected chi connectivity index (χ2v) is 6.09. The number of pyridine rings is 1. The van der Waals surface area contributed by atoms with Crippen molar-refractivity contribution in [2.24, 2.45) is 5.41 Å². The molecule has 0 unspecified atom stereocenters. The fraction of sp³-hybridized carbons (Fsp3) is 0.312. The van der Waals surface area contributed by atoms with Crippen LogP contribution in [0.15, 0.2) is 36.5 Å². The Labute approximate surface area is 125 Å². The third-order valence-corrected chi connectivity index (χ3v) is 4.63. The van der Waals surface area contributed by atoms with E-state index in [0.717, 1.165) is 0 Å². The molecule has 22 heavy (non-hydrogen) atoms. The number of aromatic nitrogens is 1. The van der Waals surface area contributed by atoms with E-state index in [1.54, 1.807) is 29.2 Å². The first-order chi connectivity index (χ1) is 10.4. The normalized spacial score (nSPS) is 20.8. The van der Waals surface area contributed by atoms with Crippen molar-refractivity contribution < 1.29 is 13.2 Å². The number of anilines is 2. The van der Waals surface area contributed by atoms with E-state index in [-0.39, 0.29) is 25.3 Å². The van der Waals surface area contributed by atoms with Gasteiger partial charge in [0.15, 0.2) is 5.82 Å². The third-order valence-electron chi connectivity index (χ3n) is 4.63. The molecule has 2 N–H and O–H groups in total. The van der Waals surface area contributed by atoms with E-state index in [0.29, 0.717) is 22.6 Å². The molecule has 1 aliphatic heterocycles. The SMILES string of the molecule is Nc1c(-c2ccccc2F)ccnc1N1CC2(C1)CC2(F)F. The second-order valence-electron chi connectivity index (χ2n) is 6.09. The van der Waals surface area contributed by atoms with Crippen LogP contribution in [0.1, 0.15) is 6.42 Å². The van der Waals surface area contributed by atoms with E-state index in [1.165, 1.54) is 12.3 Å². The smallest absolute Gasteiger partial charge is 0.258 e. The maximum absolute atomic E-state index is 13.9. The second kappa shape index (κ2) is 4.15. The van der Waals surface area contributed by atoms with E-state index < -0.39 is 11.3 Å². The molecule has 0 atom stereocenters. The van der Waals surface area contributed by atoms with Crippen molar-refractivity contribution in [2.45, 2.75) is 12.3 Å². The van der Waals surface area contributed by atoms with Gasteiger partial charge in [-0.15, -0.1) is 0 Å². The van der Waals surface area contributed by atoms with Crippen molar-refractivity contribution in [3.8, 4) is 11.1 Å². The predicted molar refractivity (Wildman–Crippen MR) is 78.3 cm³/mol. The first kappa shape index (κ1) is 13.4. The number of hydrogen-bond donors (Lipinski definition) is 1. The van der Waals surface area contributed by atoms with E-state index in [9.17, 15) is 13.2 Å². The maximum atomic E-state index is 13.9. The summed E-state index contributed by atoms with van der Waals surface area (Å²) in [5, 5.41) is 0. The highest BCUT2D eigenvalue weighted by molar-refractivity contribution is 5.84. The van der Waals surface area contributed by atoms with Crippen LogP contribution in [0.3, 0.4) is 0 Å². The summed E-state index contributed by atoms with van der Waals surface area (Å²) < 4.78 is 40.5. The van der Waals surface area contributed by atoms with Crippen LogP contribution >= 0.6 is 0 Å². The van der Waals surface area contributed by atoms with Gasteiger partial charge in [0.05, 0.1) is 11.1 Å². The first-order valence-corrected chi connectivity index (χ1v) is 7.06. The zero-order chi connectivity index (χ0) is 15.5. The molecule has 1 aromatic heterocycles. The molecule has 1 saturated heterocycles. The van der Waals surface area contributed by atoms with Gasteiger partial charge >= 0.3 is 0 Å². The molecule has 4 rings (SSSR count). The molecule has 1 saturated carbocycles. The number of benzene rings is 1. The standard InChI is InChI=1S/C16H14F3N3/c17-12-4-2-1-3-10(12)11-5-6-21-14(13(11)20)22-8-15(9-22)7-16(15,18)19/h1-6H,7-9,20H2. The van der Waals surface area contributed by atoms with Crippen LogP contribution in [0.2, 0.25) is 0 Å². The lowest BCUT2D eigenvalue weighted by molar-refractivity contribution is 0.0518. The number of rotatable bonds is 2. The molecule has 3 nitrogen and oxygen atoms in total. The Morgan fingerprint density at radius 3 is 2.41 bits per heavy atom. The molecule has 2 aromatic rings. The number of halogens is 3. The lowest BCUT2D eigenvalue weighted by Gasteiger charge is -2.41. The fourth-order valence-electron chi connectivity index (χ4n) is 3.19. The summed E-state index contributed by atoms with van der Waals surface area (Å²) in [6, 6.07) is 7.96. The minimum Gasteiger partial charge on any atom is -0.395 e. The van der Waals surface area contributed by atoms with E-state index in [4.69, 9.17) is 5.73 Å². The molecule has 6 heteroatoms. The Morgan fingerprint density at radius 1 is 1.09 bits per heavy atom. The molecule has 1 spiro atoms. The van der Waals surface area contributed by atoms with Gasteiger partial charge in [0.1, 0.15) is 5.82 Å². The molecule has 114 valence electrons. The summed E-state index contributed by atoms with van der Waals surface area (Å²) in [4.78, 5) is 5.93. The molecule has 2 heterocycles. The van der Waals surface area contributed by atoms with Gasteiger partial charge in [-0.3, -0.25) is 0 Å². The van der Waals surface area contributed by atoms with Gasteiger partial charge in [0.25, 0.3) is 5.92 Å². The number of nitrogens with zero attached hydrogens (tertiary/aromatic N) is 2. The fourth-order valence-corrected chi connectivity index (χ4v) is 3.19. The highest BCUT2D eigenvalue weighted by Crippen LogP contribution is 2.65. The summed E-state index contributed by atoms with van der Waals surface area (Å²) in [7, 11) is 0. The highest BCUT2D eigenvalue weighted by Gasteiger charge is 2.76. The Hall–Kier alpha value is -2.24. The lowest BCUT2D eigenvalue weighted by atomic mass is 9.95. The lowest BCUT2D eigenvalue weighted by Crippen LogP contribution is -2.52. The van der Waals surface area contributed by atoms with Crippen LogP contribution in [-0.4, -0.2) is 24.0 Å². The molecular weight excluding hydrogens is 291 g/mol. The van der Waals surface area contributed by atoms with Crippen LogP contribution in [0.5, 0.6) is 0 Å². The topological polar surface area (TPSA) is 42.1 Å². The van der Waals surface area contributed by atoms with Gasteiger partial charge in [0.2, 0.25) is 0 Å². The molecule has 1 aromatic carbocycles. The van der Waals surface area contributed by atoms with Crippen molar-refractivity contribution in [1.82, 2.24) is 4.98 Å². The quantitative estimate of drug-likeness (QED) is 0.925. The monoisotopic (exact) mass is 305 g/mol. The van der Waals surface area contributed by atoms with Gasteiger partial charge in [-0.25, -0.2) is 18.2 Å². The zero-order valence-electron chi connectivity index (χ0n) is 11.7. The first-order valence-electron chi connectivity index (χ1n) is 7.06. The summed E-state index contributed by atoms with van der Waals surface area (Å²) in [5.41, 5.74) is 6.46. The van der Waals surface area contributed by atoms with Crippen molar-refractivity contribution in [3.63, 3.8) is 0 Å². The summed E-state index contributed by atoms with van der Waals surface area (Å²) >= 11 is 0.